The normalized spacial score (nSPS) is 17.0. The van der Waals surface area contributed by atoms with E-state index in [-0.39, 0.29) is 5.91 Å². The number of amides is 1. The quantitative estimate of drug-likeness (QED) is 0.789. The van der Waals surface area contributed by atoms with Crippen molar-refractivity contribution >= 4 is 27.7 Å². The number of anilines is 1. The van der Waals surface area contributed by atoms with Gasteiger partial charge in [-0.2, -0.15) is 5.10 Å². The second-order valence-electron chi connectivity index (χ2n) is 6.20. The van der Waals surface area contributed by atoms with E-state index < -0.39 is 0 Å². The van der Waals surface area contributed by atoms with Gasteiger partial charge in [-0.1, -0.05) is 0 Å². The number of aryl methyl sites for hydroxylation is 2. The summed E-state index contributed by atoms with van der Waals surface area (Å²) in [5, 5.41) is 8.73. The largest absolute Gasteiger partial charge is 0.352 e. The molecule has 1 aliphatic carbocycles. The van der Waals surface area contributed by atoms with Gasteiger partial charge >= 0.3 is 0 Å². The van der Waals surface area contributed by atoms with Crippen LogP contribution in [0.1, 0.15) is 28.0 Å². The van der Waals surface area contributed by atoms with E-state index in [4.69, 9.17) is 0 Å². The molecule has 0 atom stereocenters. The Morgan fingerprint density at radius 1 is 1.04 bits per heavy atom. The van der Waals surface area contributed by atoms with Crippen molar-refractivity contribution in [3.63, 3.8) is 0 Å². The van der Waals surface area contributed by atoms with E-state index in [2.05, 4.69) is 42.1 Å². The van der Waals surface area contributed by atoms with Crippen molar-refractivity contribution in [2.24, 2.45) is 0 Å². The highest BCUT2D eigenvalue weighted by Gasteiger charge is 2.24. The zero-order valence-electron chi connectivity index (χ0n) is 13.3. The van der Waals surface area contributed by atoms with Crippen LogP contribution in [-0.4, -0.2) is 52.2 Å². The first-order valence-electron chi connectivity index (χ1n) is 8.21. The van der Waals surface area contributed by atoms with Crippen LogP contribution in [0.2, 0.25) is 0 Å². The third kappa shape index (κ3) is 3.00. The second-order valence-corrected chi connectivity index (χ2v) is 7.11. The molecule has 1 fully saturated rings. The Morgan fingerprint density at radius 3 is 2.67 bits per heavy atom. The minimum Gasteiger partial charge on any atom is -0.352 e. The van der Waals surface area contributed by atoms with Crippen LogP contribution >= 0.6 is 15.9 Å². The van der Waals surface area contributed by atoms with E-state index in [0.29, 0.717) is 18.7 Å². The zero-order chi connectivity index (χ0) is 16.5. The van der Waals surface area contributed by atoms with Crippen molar-refractivity contribution < 1.29 is 4.79 Å². The fourth-order valence-electron chi connectivity index (χ4n) is 3.32. The zero-order valence-corrected chi connectivity index (χ0v) is 14.9. The molecule has 1 saturated heterocycles. The molecule has 0 radical (unpaired) electrons. The van der Waals surface area contributed by atoms with Crippen molar-refractivity contribution in [3.05, 3.63) is 45.8 Å². The average Bonchev–Trinajstić information content (AvgIpc) is 3.09. The van der Waals surface area contributed by atoms with Crippen LogP contribution in [0.15, 0.2) is 29.0 Å². The lowest BCUT2D eigenvalue weighted by Gasteiger charge is -2.35. The molecule has 0 unspecified atom stereocenters. The van der Waals surface area contributed by atoms with Crippen LogP contribution in [-0.2, 0) is 12.8 Å². The highest BCUT2D eigenvalue weighted by atomic mass is 79.9. The topological polar surface area (TPSA) is 62.2 Å². The lowest BCUT2D eigenvalue weighted by molar-refractivity contribution is 0.0746. The molecule has 2 aliphatic rings. The van der Waals surface area contributed by atoms with Gasteiger partial charge in [0.05, 0.1) is 11.3 Å². The number of pyridine rings is 1. The highest BCUT2D eigenvalue weighted by molar-refractivity contribution is 9.10. The Labute approximate surface area is 149 Å². The number of hydrogen-bond donors (Lipinski definition) is 0. The average molecular weight is 388 g/mol. The van der Waals surface area contributed by atoms with Gasteiger partial charge in [0.2, 0.25) is 0 Å². The number of piperazine rings is 1. The van der Waals surface area contributed by atoms with Crippen molar-refractivity contribution in [2.45, 2.75) is 19.3 Å². The number of rotatable bonds is 2. The predicted molar refractivity (Wildman–Crippen MR) is 94.1 cm³/mol. The maximum absolute atomic E-state index is 12.6. The van der Waals surface area contributed by atoms with Crippen LogP contribution in [0.5, 0.6) is 0 Å². The van der Waals surface area contributed by atoms with Crippen LogP contribution in [0.3, 0.4) is 0 Å². The van der Waals surface area contributed by atoms with Gasteiger partial charge < -0.3 is 9.80 Å². The Bertz CT molecular complexity index is 773. The summed E-state index contributed by atoms with van der Waals surface area (Å²) in [5.74, 6) is 0.968. The van der Waals surface area contributed by atoms with Gasteiger partial charge in [0.1, 0.15) is 0 Å². The highest BCUT2D eigenvalue weighted by Crippen LogP contribution is 2.23. The molecule has 0 spiro atoms. The molecule has 3 heterocycles. The monoisotopic (exact) mass is 387 g/mol. The standard InChI is InChI=1S/C17H18BrN5O/c18-14-8-13(10-19-11-14)17(24)23-6-4-22(5-7-23)16-9-12-2-1-3-15(12)20-21-16/h8-11H,1-7H2. The Hall–Kier alpha value is -2.02. The fourth-order valence-corrected chi connectivity index (χ4v) is 3.69. The molecule has 2 aromatic rings. The van der Waals surface area contributed by atoms with Crippen LogP contribution < -0.4 is 4.90 Å². The first-order valence-corrected chi connectivity index (χ1v) is 9.00. The summed E-state index contributed by atoms with van der Waals surface area (Å²) >= 11 is 3.36. The van der Waals surface area contributed by atoms with Gasteiger partial charge in [-0.3, -0.25) is 9.78 Å². The van der Waals surface area contributed by atoms with Gasteiger partial charge in [0.25, 0.3) is 5.91 Å². The maximum atomic E-state index is 12.6. The van der Waals surface area contributed by atoms with Crippen LogP contribution in [0.25, 0.3) is 0 Å². The van der Waals surface area contributed by atoms with E-state index in [1.807, 2.05) is 11.0 Å². The summed E-state index contributed by atoms with van der Waals surface area (Å²) in [5.41, 5.74) is 3.10. The van der Waals surface area contributed by atoms with E-state index in [1.165, 1.54) is 12.0 Å². The van der Waals surface area contributed by atoms with Crippen molar-refractivity contribution in [1.82, 2.24) is 20.1 Å². The first-order chi connectivity index (χ1) is 11.7. The van der Waals surface area contributed by atoms with Crippen LogP contribution in [0.4, 0.5) is 5.82 Å². The Morgan fingerprint density at radius 2 is 1.88 bits per heavy atom. The lowest BCUT2D eigenvalue weighted by Crippen LogP contribution is -2.49. The molecule has 0 aromatic carbocycles. The molecule has 7 heteroatoms. The Kier molecular flexibility index (Phi) is 4.18. The third-order valence-corrected chi connectivity index (χ3v) is 5.08. The third-order valence-electron chi connectivity index (χ3n) is 4.65. The van der Waals surface area contributed by atoms with E-state index in [9.17, 15) is 4.79 Å². The molecule has 6 nitrogen and oxygen atoms in total. The number of aromatic nitrogens is 3. The van der Waals surface area contributed by atoms with E-state index >= 15 is 0 Å². The minimum absolute atomic E-state index is 0.0310. The van der Waals surface area contributed by atoms with Gasteiger partial charge in [-0.15, -0.1) is 5.10 Å². The number of halogens is 1. The first kappa shape index (κ1) is 15.5. The summed E-state index contributed by atoms with van der Waals surface area (Å²) in [4.78, 5) is 20.7. The Balaban J connectivity index is 1.42. The van der Waals surface area contributed by atoms with Crippen molar-refractivity contribution in [1.29, 1.82) is 0 Å². The van der Waals surface area contributed by atoms with E-state index in [1.54, 1.807) is 12.4 Å². The number of fused-ring (bicyclic) bond motifs is 1. The molecular formula is C17H18BrN5O. The molecule has 0 saturated carbocycles. The SMILES string of the molecule is O=C(c1cncc(Br)c1)N1CCN(c2cc3c(nn2)CCC3)CC1. The number of carbonyl (C=O) groups excluding carboxylic acids is 1. The summed E-state index contributed by atoms with van der Waals surface area (Å²) in [6.45, 7) is 2.93. The molecule has 1 aliphatic heterocycles. The van der Waals surface area contributed by atoms with Gasteiger partial charge in [0.15, 0.2) is 5.82 Å². The van der Waals surface area contributed by atoms with Crippen molar-refractivity contribution in [3.8, 4) is 0 Å². The molecule has 1 amide bonds. The molecule has 0 N–H and O–H groups in total. The van der Waals surface area contributed by atoms with Gasteiger partial charge in [0, 0.05) is 43.0 Å². The summed E-state index contributed by atoms with van der Waals surface area (Å²) < 4.78 is 0.820. The summed E-state index contributed by atoms with van der Waals surface area (Å²) in [7, 11) is 0. The smallest absolute Gasteiger partial charge is 0.255 e. The van der Waals surface area contributed by atoms with E-state index in [0.717, 1.165) is 41.9 Å². The number of carbonyl (C=O) groups is 1. The molecule has 124 valence electrons. The van der Waals surface area contributed by atoms with Crippen LogP contribution in [0, 0.1) is 0 Å². The predicted octanol–water partition coefficient (Wildman–Crippen LogP) is 2.09. The minimum atomic E-state index is 0.0310. The molecule has 2 aromatic heterocycles. The molecule has 4 rings (SSSR count). The van der Waals surface area contributed by atoms with Crippen molar-refractivity contribution in [2.75, 3.05) is 31.1 Å². The molecular weight excluding hydrogens is 370 g/mol. The maximum Gasteiger partial charge on any atom is 0.255 e. The second kappa shape index (κ2) is 6.47. The number of nitrogens with zero attached hydrogens (tertiary/aromatic N) is 5. The van der Waals surface area contributed by atoms with Gasteiger partial charge in [-0.25, -0.2) is 0 Å². The number of hydrogen-bond acceptors (Lipinski definition) is 5. The summed E-state index contributed by atoms with van der Waals surface area (Å²) in [6.07, 6.45) is 6.63. The molecule has 0 bridgehead atoms. The lowest BCUT2D eigenvalue weighted by atomic mass is 10.2. The summed E-state index contributed by atoms with van der Waals surface area (Å²) in [6, 6.07) is 3.98. The molecule has 24 heavy (non-hydrogen) atoms. The van der Waals surface area contributed by atoms with Gasteiger partial charge in [-0.05, 0) is 52.9 Å². The fraction of sp³-hybridized carbons (Fsp3) is 0.412.